The fourth-order valence-corrected chi connectivity index (χ4v) is 3.11. The summed E-state index contributed by atoms with van der Waals surface area (Å²) in [5.41, 5.74) is 3.09. The van der Waals surface area contributed by atoms with Gasteiger partial charge in [0.25, 0.3) is 5.79 Å². The lowest BCUT2D eigenvalue weighted by molar-refractivity contribution is -0.383. The molecule has 1 aromatic carbocycles. The Labute approximate surface area is 157 Å². The summed E-state index contributed by atoms with van der Waals surface area (Å²) in [6.07, 6.45) is 0. The van der Waals surface area contributed by atoms with Crippen LogP contribution in [0.25, 0.3) is 0 Å². The Bertz CT molecular complexity index is 642. The second-order valence-corrected chi connectivity index (χ2v) is 8.27. The molecule has 2 N–H and O–H groups in total. The Balaban J connectivity index is 3.86. The smallest absolute Gasteiger partial charge is 0.254 e. The van der Waals surface area contributed by atoms with Crippen molar-refractivity contribution in [1.82, 2.24) is 0 Å². The van der Waals surface area contributed by atoms with E-state index in [4.69, 9.17) is 0 Å². The van der Waals surface area contributed by atoms with Gasteiger partial charge in [-0.1, -0.05) is 74.1 Å². The van der Waals surface area contributed by atoms with Crippen molar-refractivity contribution >= 4 is 5.78 Å². The van der Waals surface area contributed by atoms with Crippen LogP contribution in [-0.4, -0.2) is 16.1 Å². The van der Waals surface area contributed by atoms with E-state index in [0.29, 0.717) is 11.5 Å². The van der Waals surface area contributed by atoms with Crippen molar-refractivity contribution < 1.29 is 20.0 Å². The summed E-state index contributed by atoms with van der Waals surface area (Å²) in [6.45, 7) is 19.5. The third-order valence-corrected chi connectivity index (χ3v) is 4.83. The van der Waals surface area contributed by atoms with Crippen molar-refractivity contribution in [2.45, 2.75) is 78.9 Å². The van der Waals surface area contributed by atoms with Crippen molar-refractivity contribution in [3.63, 3.8) is 0 Å². The molecule has 0 saturated heterocycles. The highest BCUT2D eigenvalue weighted by Crippen LogP contribution is 2.42. The topological polar surface area (TPSA) is 66.8 Å². The number of carbonyl (C=O) groups is 1. The highest BCUT2D eigenvalue weighted by molar-refractivity contribution is 5.98. The number of aliphatic hydroxyl groups is 1. The van der Waals surface area contributed by atoms with Crippen LogP contribution < -0.4 is 0 Å². The number of rotatable bonds is 8. The summed E-state index contributed by atoms with van der Waals surface area (Å²) in [5.74, 6) is -2.56. The molecule has 26 heavy (non-hydrogen) atoms. The van der Waals surface area contributed by atoms with Gasteiger partial charge in [-0.3, -0.25) is 4.79 Å². The van der Waals surface area contributed by atoms with Gasteiger partial charge in [-0.2, -0.15) is 4.89 Å². The second-order valence-electron chi connectivity index (χ2n) is 8.27. The maximum Gasteiger partial charge on any atom is 0.254 e. The van der Waals surface area contributed by atoms with Gasteiger partial charge in [0.2, 0.25) is 0 Å². The van der Waals surface area contributed by atoms with Gasteiger partial charge < -0.3 is 5.11 Å². The summed E-state index contributed by atoms with van der Waals surface area (Å²) in [6, 6.07) is 4.04. The first-order valence-electron chi connectivity index (χ1n) is 9.35. The Morgan fingerprint density at radius 1 is 0.962 bits per heavy atom. The lowest BCUT2D eigenvalue weighted by Crippen LogP contribution is -2.38. The minimum Gasteiger partial charge on any atom is -0.356 e. The van der Waals surface area contributed by atoms with Crippen LogP contribution in [0.1, 0.15) is 95.4 Å². The molecule has 0 aliphatic carbocycles. The molecule has 4 nitrogen and oxygen atoms in total. The molecular weight excluding hydrogens is 328 g/mol. The third kappa shape index (κ3) is 4.25. The summed E-state index contributed by atoms with van der Waals surface area (Å²) in [5, 5.41) is 20.9. The molecule has 0 amide bonds. The molecule has 1 unspecified atom stereocenters. The minimum absolute atomic E-state index is 0.0600. The molecule has 0 heterocycles. The molecule has 0 aromatic heterocycles. The number of hydrogen-bond acceptors (Lipinski definition) is 4. The normalized spacial score (nSPS) is 14.4. The average Bonchev–Trinajstić information content (AvgIpc) is 2.57. The quantitative estimate of drug-likeness (QED) is 0.278. The van der Waals surface area contributed by atoms with Crippen molar-refractivity contribution in [3.05, 3.63) is 46.5 Å². The monoisotopic (exact) mass is 362 g/mol. The van der Waals surface area contributed by atoms with Crippen LogP contribution in [-0.2, 0) is 15.5 Å². The molecule has 1 rings (SSSR count). The van der Waals surface area contributed by atoms with Crippen molar-refractivity contribution in [1.29, 1.82) is 0 Å². The zero-order valence-electron chi connectivity index (χ0n) is 17.4. The Hall–Kier alpha value is -1.49. The van der Waals surface area contributed by atoms with Gasteiger partial charge in [0.15, 0.2) is 5.78 Å². The predicted molar refractivity (Wildman–Crippen MR) is 105 cm³/mol. The summed E-state index contributed by atoms with van der Waals surface area (Å²) >= 11 is 0. The molecule has 0 aliphatic heterocycles. The van der Waals surface area contributed by atoms with E-state index in [1.807, 2.05) is 39.8 Å². The van der Waals surface area contributed by atoms with Crippen LogP contribution in [0.15, 0.2) is 24.3 Å². The van der Waals surface area contributed by atoms with Crippen LogP contribution in [0.5, 0.6) is 0 Å². The van der Waals surface area contributed by atoms with Crippen LogP contribution in [0, 0.1) is 5.92 Å². The average molecular weight is 363 g/mol. The molecule has 146 valence electrons. The number of carbonyl (C=O) groups excluding carboxylic acids is 1. The van der Waals surface area contributed by atoms with Crippen molar-refractivity contribution in [2.24, 2.45) is 5.92 Å². The predicted octanol–water partition coefficient (Wildman–Crippen LogP) is 5.47. The van der Waals surface area contributed by atoms with E-state index in [-0.39, 0.29) is 29.1 Å². The first-order chi connectivity index (χ1) is 11.9. The van der Waals surface area contributed by atoms with Crippen LogP contribution in [0.4, 0.5) is 0 Å². The maximum absolute atomic E-state index is 12.5. The van der Waals surface area contributed by atoms with Gasteiger partial charge in [0.05, 0.1) is 5.57 Å². The lowest BCUT2D eigenvalue weighted by atomic mass is 9.78. The zero-order valence-corrected chi connectivity index (χ0v) is 17.4. The lowest BCUT2D eigenvalue weighted by Gasteiger charge is -2.34. The van der Waals surface area contributed by atoms with Gasteiger partial charge in [0, 0.05) is 11.5 Å². The molecular formula is C22H34O4. The summed E-state index contributed by atoms with van der Waals surface area (Å²) in [4.78, 5) is 17.1. The molecule has 1 atom stereocenters. The first-order valence-corrected chi connectivity index (χ1v) is 9.35. The third-order valence-electron chi connectivity index (χ3n) is 4.83. The van der Waals surface area contributed by atoms with E-state index >= 15 is 0 Å². The van der Waals surface area contributed by atoms with E-state index in [0.717, 1.165) is 16.7 Å². The van der Waals surface area contributed by atoms with E-state index < -0.39 is 5.79 Å². The highest BCUT2D eigenvalue weighted by Gasteiger charge is 2.43. The Morgan fingerprint density at radius 3 is 1.65 bits per heavy atom. The second kappa shape index (κ2) is 8.47. The zero-order chi connectivity index (χ0) is 20.4. The van der Waals surface area contributed by atoms with Gasteiger partial charge in [-0.25, -0.2) is 5.26 Å². The SMILES string of the molecule is C=C(C(=O)C(C)C)C(O)(OO)c1c(C(C)C)cc(C(C)C)cc1C(C)C. The number of hydrogen-bond donors (Lipinski definition) is 2. The molecule has 0 spiro atoms. The number of benzene rings is 1. The summed E-state index contributed by atoms with van der Waals surface area (Å²) < 4.78 is 0. The van der Waals surface area contributed by atoms with Gasteiger partial charge in [-0.05, 0) is 34.4 Å². The molecule has 0 saturated carbocycles. The molecule has 0 radical (unpaired) electrons. The Morgan fingerprint density at radius 2 is 1.38 bits per heavy atom. The molecule has 0 bridgehead atoms. The van der Waals surface area contributed by atoms with E-state index in [9.17, 15) is 15.2 Å². The number of Topliss-reactive ketones (excluding diaryl/α,β-unsaturated/α-hetero) is 1. The fraction of sp³-hybridized carbons (Fsp3) is 0.591. The van der Waals surface area contributed by atoms with Crippen LogP contribution in [0.3, 0.4) is 0 Å². The first kappa shape index (κ1) is 22.6. The fourth-order valence-electron chi connectivity index (χ4n) is 3.11. The van der Waals surface area contributed by atoms with Crippen molar-refractivity contribution in [2.75, 3.05) is 0 Å². The van der Waals surface area contributed by atoms with Gasteiger partial charge in [-0.15, -0.1) is 0 Å². The van der Waals surface area contributed by atoms with Crippen molar-refractivity contribution in [3.8, 4) is 0 Å². The standard InChI is InChI=1S/C22H34O4/c1-12(2)17-10-18(13(3)4)20(19(11-17)14(5)6)22(24,26-25)16(9)21(23)15(7)8/h10-15,24-25H,9H2,1-8H3. The maximum atomic E-state index is 12.5. The highest BCUT2D eigenvalue weighted by atomic mass is 17.1. The van der Waals surface area contributed by atoms with E-state index in [1.165, 1.54) is 0 Å². The number of ketones is 1. The molecule has 4 heteroatoms. The van der Waals surface area contributed by atoms with Crippen LogP contribution in [0.2, 0.25) is 0 Å². The summed E-state index contributed by atoms with van der Waals surface area (Å²) in [7, 11) is 0. The Kier molecular flexibility index (Phi) is 7.34. The van der Waals surface area contributed by atoms with Gasteiger partial charge >= 0.3 is 0 Å². The molecule has 0 aliphatic rings. The van der Waals surface area contributed by atoms with E-state index in [2.05, 4.69) is 25.3 Å². The minimum atomic E-state index is -2.27. The van der Waals surface area contributed by atoms with E-state index in [1.54, 1.807) is 13.8 Å². The van der Waals surface area contributed by atoms with Gasteiger partial charge in [0.1, 0.15) is 0 Å². The largest absolute Gasteiger partial charge is 0.356 e. The van der Waals surface area contributed by atoms with Crippen LogP contribution >= 0.6 is 0 Å². The molecule has 1 aromatic rings. The molecule has 0 fully saturated rings.